The average molecular weight is 222 g/mol. The zero-order valence-corrected chi connectivity index (χ0v) is 9.54. The maximum absolute atomic E-state index is 11.0. The van der Waals surface area contributed by atoms with Gasteiger partial charge in [0.05, 0.1) is 6.61 Å². The van der Waals surface area contributed by atoms with Gasteiger partial charge in [0.1, 0.15) is 0 Å². The molecule has 0 fully saturated rings. The van der Waals surface area contributed by atoms with Crippen LogP contribution in [0, 0.1) is 0 Å². The summed E-state index contributed by atoms with van der Waals surface area (Å²) in [6.07, 6.45) is 3.17. The van der Waals surface area contributed by atoms with Crippen LogP contribution in [0.2, 0.25) is 0 Å². The van der Waals surface area contributed by atoms with E-state index in [1.54, 1.807) is 13.0 Å². The van der Waals surface area contributed by atoms with Crippen LogP contribution in [-0.4, -0.2) is 12.6 Å². The van der Waals surface area contributed by atoms with Crippen molar-refractivity contribution in [1.29, 1.82) is 0 Å². The summed E-state index contributed by atoms with van der Waals surface area (Å²) < 4.78 is 4.78. The third kappa shape index (κ3) is 4.21. The van der Waals surface area contributed by atoms with Crippen LogP contribution in [0.3, 0.4) is 0 Å². The fourth-order valence-electron chi connectivity index (χ4n) is 1.15. The lowest BCUT2D eigenvalue weighted by molar-refractivity contribution is -0.137. The van der Waals surface area contributed by atoms with Crippen molar-refractivity contribution in [2.24, 2.45) is 0 Å². The minimum atomic E-state index is -0.311. The lowest BCUT2D eigenvalue weighted by atomic mass is 10.1. The number of hydrogen-bond donors (Lipinski definition) is 1. The molecule has 0 aliphatic heterocycles. The summed E-state index contributed by atoms with van der Waals surface area (Å²) in [6.45, 7) is 2.19. The van der Waals surface area contributed by atoms with Crippen LogP contribution in [0.4, 0.5) is 0 Å². The van der Waals surface area contributed by atoms with Crippen molar-refractivity contribution in [3.63, 3.8) is 0 Å². The van der Waals surface area contributed by atoms with Gasteiger partial charge in [0.15, 0.2) is 0 Å². The van der Waals surface area contributed by atoms with E-state index >= 15 is 0 Å². The first-order valence-electron chi connectivity index (χ1n) is 4.81. The second-order valence-corrected chi connectivity index (χ2v) is 3.30. The van der Waals surface area contributed by atoms with Gasteiger partial charge in [-0.2, -0.15) is 12.6 Å². The predicted molar refractivity (Wildman–Crippen MR) is 64.8 cm³/mol. The van der Waals surface area contributed by atoms with Gasteiger partial charge < -0.3 is 4.74 Å². The van der Waals surface area contributed by atoms with Gasteiger partial charge in [-0.3, -0.25) is 0 Å². The Kier molecular flexibility index (Phi) is 4.98. The van der Waals surface area contributed by atoms with Gasteiger partial charge in [-0.1, -0.05) is 24.3 Å². The maximum atomic E-state index is 11.0. The molecule has 0 unspecified atom stereocenters. The molecule has 0 aliphatic rings. The Morgan fingerprint density at radius 2 is 2.33 bits per heavy atom. The summed E-state index contributed by atoms with van der Waals surface area (Å²) in [5, 5.41) is 0. The third-order valence-corrected chi connectivity index (χ3v) is 2.20. The van der Waals surface area contributed by atoms with Gasteiger partial charge in [0, 0.05) is 11.8 Å². The molecule has 3 heteroatoms. The topological polar surface area (TPSA) is 26.3 Å². The van der Waals surface area contributed by atoms with Crippen LogP contribution in [0.5, 0.6) is 0 Å². The lowest BCUT2D eigenvalue weighted by Crippen LogP contribution is -1.98. The van der Waals surface area contributed by atoms with E-state index in [0.717, 1.165) is 11.1 Å². The molecule has 0 saturated heterocycles. The van der Waals surface area contributed by atoms with Gasteiger partial charge in [0.2, 0.25) is 0 Å². The summed E-state index contributed by atoms with van der Waals surface area (Å²) in [5.41, 5.74) is 2.11. The summed E-state index contributed by atoms with van der Waals surface area (Å²) in [4.78, 5) is 11.0. The van der Waals surface area contributed by atoms with Crippen molar-refractivity contribution in [2.75, 3.05) is 6.61 Å². The highest BCUT2D eigenvalue weighted by Gasteiger charge is 1.94. The highest BCUT2D eigenvalue weighted by molar-refractivity contribution is 7.79. The molecule has 0 heterocycles. The van der Waals surface area contributed by atoms with Crippen LogP contribution in [0.25, 0.3) is 6.08 Å². The SMILES string of the molecule is CCOC(=O)C=Cc1cccc(CS)c1. The summed E-state index contributed by atoms with van der Waals surface area (Å²) in [5.74, 6) is 0.384. The van der Waals surface area contributed by atoms with E-state index in [-0.39, 0.29) is 5.97 Å². The Labute approximate surface area is 95.4 Å². The van der Waals surface area contributed by atoms with Crippen molar-refractivity contribution >= 4 is 24.7 Å². The Morgan fingerprint density at radius 3 is 3.00 bits per heavy atom. The van der Waals surface area contributed by atoms with Gasteiger partial charge in [-0.15, -0.1) is 0 Å². The zero-order chi connectivity index (χ0) is 11.1. The van der Waals surface area contributed by atoms with Crippen molar-refractivity contribution in [1.82, 2.24) is 0 Å². The monoisotopic (exact) mass is 222 g/mol. The Morgan fingerprint density at radius 1 is 1.53 bits per heavy atom. The van der Waals surface area contributed by atoms with E-state index in [1.807, 2.05) is 24.3 Å². The van der Waals surface area contributed by atoms with Gasteiger partial charge in [-0.05, 0) is 24.1 Å². The van der Waals surface area contributed by atoms with Crippen molar-refractivity contribution in [3.05, 3.63) is 41.5 Å². The number of carbonyl (C=O) groups excluding carboxylic acids is 1. The molecular formula is C12H14O2S. The molecule has 1 aromatic rings. The second-order valence-electron chi connectivity index (χ2n) is 2.99. The van der Waals surface area contributed by atoms with Gasteiger partial charge in [-0.25, -0.2) is 4.79 Å². The first-order valence-corrected chi connectivity index (χ1v) is 5.44. The van der Waals surface area contributed by atoms with Crippen LogP contribution >= 0.6 is 12.6 Å². The van der Waals surface area contributed by atoms with Crippen LogP contribution in [0.1, 0.15) is 18.1 Å². The van der Waals surface area contributed by atoms with E-state index in [0.29, 0.717) is 12.4 Å². The molecule has 0 aromatic heterocycles. The largest absolute Gasteiger partial charge is 0.463 e. The second kappa shape index (κ2) is 6.30. The van der Waals surface area contributed by atoms with Crippen LogP contribution < -0.4 is 0 Å². The molecule has 1 rings (SSSR count). The molecular weight excluding hydrogens is 208 g/mol. The summed E-state index contributed by atoms with van der Waals surface area (Å²) in [7, 11) is 0. The van der Waals surface area contributed by atoms with Crippen LogP contribution in [-0.2, 0) is 15.3 Å². The number of ether oxygens (including phenoxy) is 1. The van der Waals surface area contributed by atoms with Gasteiger partial charge in [0.25, 0.3) is 0 Å². The molecule has 15 heavy (non-hydrogen) atoms. The van der Waals surface area contributed by atoms with Crippen molar-refractivity contribution < 1.29 is 9.53 Å². The predicted octanol–water partition coefficient (Wildman–Crippen LogP) is 2.69. The molecule has 0 amide bonds. The molecule has 0 N–H and O–H groups in total. The highest BCUT2D eigenvalue weighted by Crippen LogP contribution is 2.09. The molecule has 0 aliphatic carbocycles. The average Bonchev–Trinajstić information content (AvgIpc) is 2.27. The van der Waals surface area contributed by atoms with Crippen molar-refractivity contribution in [3.8, 4) is 0 Å². The molecule has 0 radical (unpaired) electrons. The van der Waals surface area contributed by atoms with Crippen LogP contribution in [0.15, 0.2) is 30.3 Å². The summed E-state index contributed by atoms with van der Waals surface area (Å²) >= 11 is 4.18. The molecule has 80 valence electrons. The highest BCUT2D eigenvalue weighted by atomic mass is 32.1. The first kappa shape index (κ1) is 11.9. The minimum absolute atomic E-state index is 0.311. The van der Waals surface area contributed by atoms with Crippen molar-refractivity contribution in [2.45, 2.75) is 12.7 Å². The summed E-state index contributed by atoms with van der Waals surface area (Å²) in [6, 6.07) is 7.86. The van der Waals surface area contributed by atoms with E-state index < -0.39 is 0 Å². The normalized spacial score (nSPS) is 10.5. The number of thiol groups is 1. The third-order valence-electron chi connectivity index (χ3n) is 1.83. The quantitative estimate of drug-likeness (QED) is 0.481. The smallest absolute Gasteiger partial charge is 0.330 e. The number of carbonyl (C=O) groups is 1. The lowest BCUT2D eigenvalue weighted by Gasteiger charge is -1.98. The first-order chi connectivity index (χ1) is 7.26. The molecule has 0 atom stereocenters. The van der Waals surface area contributed by atoms with Gasteiger partial charge >= 0.3 is 5.97 Å². The molecule has 0 bridgehead atoms. The Hall–Kier alpha value is -1.22. The molecule has 2 nitrogen and oxygen atoms in total. The molecule has 1 aromatic carbocycles. The number of esters is 1. The van der Waals surface area contributed by atoms with E-state index in [2.05, 4.69) is 12.6 Å². The Balaban J connectivity index is 2.67. The molecule has 0 spiro atoms. The molecule has 0 saturated carbocycles. The maximum Gasteiger partial charge on any atom is 0.330 e. The number of rotatable bonds is 4. The van der Waals surface area contributed by atoms with E-state index in [9.17, 15) is 4.79 Å². The number of benzene rings is 1. The fraction of sp³-hybridized carbons (Fsp3) is 0.250. The Bertz CT molecular complexity index is 358. The minimum Gasteiger partial charge on any atom is -0.463 e. The standard InChI is InChI=1S/C12H14O2S/c1-2-14-12(13)7-6-10-4-3-5-11(8-10)9-15/h3-8,15H,2,9H2,1H3. The zero-order valence-electron chi connectivity index (χ0n) is 8.64. The number of hydrogen-bond acceptors (Lipinski definition) is 3. The van der Waals surface area contributed by atoms with E-state index in [4.69, 9.17) is 4.74 Å². The fourth-order valence-corrected chi connectivity index (χ4v) is 1.35. The van der Waals surface area contributed by atoms with E-state index in [1.165, 1.54) is 6.08 Å².